The van der Waals surface area contributed by atoms with Crippen molar-refractivity contribution in [1.82, 2.24) is 4.90 Å². The molecule has 1 fully saturated rings. The van der Waals surface area contributed by atoms with Gasteiger partial charge < -0.3 is 4.90 Å². The molecule has 1 rings (SSSR count). The molecule has 0 atom stereocenters. The molecule has 0 spiro atoms. The zero-order chi connectivity index (χ0) is 7.40. The third-order valence-corrected chi connectivity index (χ3v) is 1.62. The Morgan fingerprint density at radius 2 is 2.50 bits per heavy atom. The minimum Gasteiger partial charge on any atom is -0.332 e. The van der Waals surface area contributed by atoms with Crippen LogP contribution in [-0.2, 0) is 4.79 Å². The lowest BCUT2D eigenvalue weighted by molar-refractivity contribution is -0.127. The van der Waals surface area contributed by atoms with Gasteiger partial charge in [0, 0.05) is 13.0 Å². The smallest absolute Gasteiger partial charge is 0.223 e. The van der Waals surface area contributed by atoms with Gasteiger partial charge in [-0.05, 0) is 13.3 Å². The predicted molar refractivity (Wildman–Crippen MR) is 39.3 cm³/mol. The van der Waals surface area contributed by atoms with E-state index in [-0.39, 0.29) is 5.91 Å². The first-order valence-corrected chi connectivity index (χ1v) is 3.52. The quantitative estimate of drug-likeness (QED) is 0.485. The Hall–Kier alpha value is -0.970. The predicted octanol–water partition coefficient (Wildman–Crippen LogP) is 0.632. The van der Waals surface area contributed by atoms with Crippen LogP contribution >= 0.6 is 0 Å². The van der Waals surface area contributed by atoms with Crippen LogP contribution < -0.4 is 0 Å². The lowest BCUT2D eigenvalue weighted by atomic mass is 10.4. The van der Waals surface area contributed by atoms with Crippen LogP contribution in [0.15, 0.2) is 0 Å². The molecule has 0 aliphatic carbocycles. The zero-order valence-corrected chi connectivity index (χ0v) is 6.18. The Labute approximate surface area is 61.2 Å². The van der Waals surface area contributed by atoms with Gasteiger partial charge in [0.1, 0.15) is 0 Å². The van der Waals surface area contributed by atoms with E-state index in [0.717, 1.165) is 13.0 Å². The van der Waals surface area contributed by atoms with E-state index < -0.39 is 0 Å². The van der Waals surface area contributed by atoms with Gasteiger partial charge in [0.15, 0.2) is 0 Å². The Morgan fingerprint density at radius 1 is 1.70 bits per heavy atom. The van der Waals surface area contributed by atoms with Crippen LogP contribution in [0, 0.1) is 11.8 Å². The van der Waals surface area contributed by atoms with Gasteiger partial charge in [0.2, 0.25) is 5.91 Å². The number of amides is 1. The molecule has 0 aromatic heterocycles. The van der Waals surface area contributed by atoms with Gasteiger partial charge in [-0.3, -0.25) is 4.79 Å². The maximum atomic E-state index is 10.9. The first kappa shape index (κ1) is 7.14. The standard InChI is InChI=1S/C8H11NO/c1-2-3-6-9-7-4-5-8(9)10/h4-7H2,1H3. The van der Waals surface area contributed by atoms with E-state index in [1.165, 1.54) is 0 Å². The van der Waals surface area contributed by atoms with Gasteiger partial charge in [0.05, 0.1) is 6.54 Å². The largest absolute Gasteiger partial charge is 0.332 e. The van der Waals surface area contributed by atoms with E-state index in [2.05, 4.69) is 11.8 Å². The summed E-state index contributed by atoms with van der Waals surface area (Å²) in [5.41, 5.74) is 0. The van der Waals surface area contributed by atoms with Gasteiger partial charge in [-0.2, -0.15) is 0 Å². The number of hydrogen-bond donors (Lipinski definition) is 0. The van der Waals surface area contributed by atoms with E-state index in [1.54, 1.807) is 11.8 Å². The van der Waals surface area contributed by atoms with Crippen molar-refractivity contribution in [3.8, 4) is 11.8 Å². The van der Waals surface area contributed by atoms with Crippen LogP contribution in [0.1, 0.15) is 19.8 Å². The molecule has 0 N–H and O–H groups in total. The van der Waals surface area contributed by atoms with Crippen molar-refractivity contribution in [1.29, 1.82) is 0 Å². The van der Waals surface area contributed by atoms with Crippen molar-refractivity contribution in [3.05, 3.63) is 0 Å². The Bertz CT molecular complexity index is 187. The molecule has 0 aromatic carbocycles. The average molecular weight is 137 g/mol. The molecule has 0 radical (unpaired) electrons. The molecule has 2 nitrogen and oxygen atoms in total. The molecular weight excluding hydrogens is 126 g/mol. The fourth-order valence-electron chi connectivity index (χ4n) is 1.05. The summed E-state index contributed by atoms with van der Waals surface area (Å²) in [6.07, 6.45) is 1.72. The molecule has 1 amide bonds. The lowest BCUT2D eigenvalue weighted by Crippen LogP contribution is -2.24. The van der Waals surface area contributed by atoms with Gasteiger partial charge in [0.25, 0.3) is 0 Å². The van der Waals surface area contributed by atoms with Gasteiger partial charge >= 0.3 is 0 Å². The van der Waals surface area contributed by atoms with Crippen molar-refractivity contribution in [3.63, 3.8) is 0 Å². The number of carbonyl (C=O) groups excluding carboxylic acids is 1. The monoisotopic (exact) mass is 137 g/mol. The zero-order valence-electron chi connectivity index (χ0n) is 6.18. The van der Waals surface area contributed by atoms with Crippen LogP contribution in [0.3, 0.4) is 0 Å². The molecule has 0 saturated carbocycles. The second kappa shape index (κ2) is 3.26. The van der Waals surface area contributed by atoms with Crippen molar-refractivity contribution in [2.75, 3.05) is 13.1 Å². The normalized spacial score (nSPS) is 16.9. The maximum absolute atomic E-state index is 10.9. The Balaban J connectivity index is 2.38. The van der Waals surface area contributed by atoms with Crippen LogP contribution in [0.2, 0.25) is 0 Å². The summed E-state index contributed by atoms with van der Waals surface area (Å²) in [6, 6.07) is 0. The van der Waals surface area contributed by atoms with Crippen LogP contribution in [0.4, 0.5) is 0 Å². The molecule has 0 bridgehead atoms. The van der Waals surface area contributed by atoms with E-state index >= 15 is 0 Å². The van der Waals surface area contributed by atoms with E-state index in [1.807, 2.05) is 0 Å². The number of hydrogen-bond acceptors (Lipinski definition) is 1. The maximum Gasteiger partial charge on any atom is 0.223 e. The average Bonchev–Trinajstić information content (AvgIpc) is 2.31. The van der Waals surface area contributed by atoms with Crippen LogP contribution in [-0.4, -0.2) is 23.9 Å². The highest BCUT2D eigenvalue weighted by Gasteiger charge is 2.17. The van der Waals surface area contributed by atoms with Gasteiger partial charge in [-0.1, -0.05) is 5.92 Å². The van der Waals surface area contributed by atoms with Crippen LogP contribution in [0.5, 0.6) is 0 Å². The molecule has 54 valence electrons. The number of rotatable bonds is 1. The number of likely N-dealkylation sites (tertiary alicyclic amines) is 1. The summed E-state index contributed by atoms with van der Waals surface area (Å²) in [7, 11) is 0. The minimum absolute atomic E-state index is 0.253. The van der Waals surface area contributed by atoms with E-state index in [9.17, 15) is 4.79 Å². The molecule has 10 heavy (non-hydrogen) atoms. The molecule has 1 saturated heterocycles. The van der Waals surface area contributed by atoms with Crippen molar-refractivity contribution < 1.29 is 4.79 Å². The molecule has 1 aliphatic heterocycles. The fraction of sp³-hybridized carbons (Fsp3) is 0.625. The Kier molecular flexibility index (Phi) is 2.33. The topological polar surface area (TPSA) is 20.3 Å². The second-order valence-electron chi connectivity index (χ2n) is 2.35. The van der Waals surface area contributed by atoms with Crippen molar-refractivity contribution in [2.24, 2.45) is 0 Å². The number of nitrogens with zero attached hydrogens (tertiary/aromatic N) is 1. The third kappa shape index (κ3) is 1.51. The fourth-order valence-corrected chi connectivity index (χ4v) is 1.05. The molecular formula is C8H11NO. The molecule has 0 unspecified atom stereocenters. The highest BCUT2D eigenvalue weighted by atomic mass is 16.2. The highest BCUT2D eigenvalue weighted by Crippen LogP contribution is 2.07. The molecule has 1 aliphatic rings. The van der Waals surface area contributed by atoms with Gasteiger partial charge in [-0.25, -0.2) is 0 Å². The first-order chi connectivity index (χ1) is 4.84. The molecule has 1 heterocycles. The van der Waals surface area contributed by atoms with Gasteiger partial charge in [-0.15, -0.1) is 5.92 Å². The lowest BCUT2D eigenvalue weighted by Gasteiger charge is -2.09. The summed E-state index contributed by atoms with van der Waals surface area (Å²) < 4.78 is 0. The Morgan fingerprint density at radius 3 is 3.00 bits per heavy atom. The summed E-state index contributed by atoms with van der Waals surface area (Å²) >= 11 is 0. The van der Waals surface area contributed by atoms with E-state index in [4.69, 9.17) is 0 Å². The summed E-state index contributed by atoms with van der Waals surface area (Å²) in [6.45, 7) is 3.31. The van der Waals surface area contributed by atoms with Crippen LogP contribution in [0.25, 0.3) is 0 Å². The van der Waals surface area contributed by atoms with E-state index in [0.29, 0.717) is 13.0 Å². The summed E-state index contributed by atoms with van der Waals surface area (Å²) in [5, 5.41) is 0. The molecule has 0 aromatic rings. The minimum atomic E-state index is 0.253. The highest BCUT2D eigenvalue weighted by molar-refractivity contribution is 5.78. The second-order valence-corrected chi connectivity index (χ2v) is 2.35. The summed E-state index contributed by atoms with van der Waals surface area (Å²) in [5.74, 6) is 5.90. The molecule has 2 heteroatoms. The summed E-state index contributed by atoms with van der Waals surface area (Å²) in [4.78, 5) is 12.7. The third-order valence-electron chi connectivity index (χ3n) is 1.62. The SMILES string of the molecule is CC#CCN1CCCC1=O. The van der Waals surface area contributed by atoms with Crippen molar-refractivity contribution in [2.45, 2.75) is 19.8 Å². The van der Waals surface area contributed by atoms with Crippen molar-refractivity contribution >= 4 is 5.91 Å². The first-order valence-electron chi connectivity index (χ1n) is 3.52. The number of carbonyl (C=O) groups is 1.